The van der Waals surface area contributed by atoms with Gasteiger partial charge < -0.3 is 15.5 Å². The molecule has 0 spiro atoms. The smallest absolute Gasteiger partial charge is 0.317 e. The first kappa shape index (κ1) is 17.5. The number of anilines is 1. The van der Waals surface area contributed by atoms with Gasteiger partial charge in [-0.05, 0) is 30.2 Å². The van der Waals surface area contributed by atoms with E-state index >= 15 is 0 Å². The zero-order chi connectivity index (χ0) is 18.6. The Morgan fingerprint density at radius 3 is 2.78 bits per heavy atom. The van der Waals surface area contributed by atoms with Gasteiger partial charge in [-0.25, -0.2) is 14.8 Å². The number of amides is 2. The van der Waals surface area contributed by atoms with Crippen LogP contribution in [0, 0.1) is 6.92 Å². The fourth-order valence-corrected chi connectivity index (χ4v) is 4.09. The second-order valence-corrected chi connectivity index (χ2v) is 7.48. The minimum Gasteiger partial charge on any atom is -0.352 e. The van der Waals surface area contributed by atoms with Crippen LogP contribution < -0.4 is 10.6 Å². The van der Waals surface area contributed by atoms with Gasteiger partial charge in [0.25, 0.3) is 0 Å². The van der Waals surface area contributed by atoms with E-state index in [0.29, 0.717) is 25.6 Å². The van der Waals surface area contributed by atoms with Crippen molar-refractivity contribution in [2.24, 2.45) is 0 Å². The summed E-state index contributed by atoms with van der Waals surface area (Å²) in [5.41, 5.74) is 3.20. The summed E-state index contributed by atoms with van der Waals surface area (Å²) >= 11 is 1.73. The molecule has 1 saturated heterocycles. The molecule has 0 unspecified atom stereocenters. The van der Waals surface area contributed by atoms with Crippen molar-refractivity contribution in [3.63, 3.8) is 0 Å². The minimum atomic E-state index is -0.00524. The van der Waals surface area contributed by atoms with Crippen molar-refractivity contribution in [3.05, 3.63) is 54.2 Å². The van der Waals surface area contributed by atoms with Crippen molar-refractivity contribution in [1.82, 2.24) is 20.2 Å². The zero-order valence-electron chi connectivity index (χ0n) is 15.1. The van der Waals surface area contributed by atoms with Gasteiger partial charge in [-0.15, -0.1) is 11.3 Å². The van der Waals surface area contributed by atoms with E-state index in [4.69, 9.17) is 4.98 Å². The Morgan fingerprint density at radius 1 is 1.19 bits per heavy atom. The van der Waals surface area contributed by atoms with Crippen LogP contribution in [-0.4, -0.2) is 47.1 Å². The molecule has 0 aliphatic carbocycles. The SMILES string of the molecule is Cc1cnc(NCCN2CCNC2=O)nc1-c1ccc(-c2ccccc2)s1. The highest BCUT2D eigenvalue weighted by Crippen LogP contribution is 2.34. The van der Waals surface area contributed by atoms with Crippen LogP contribution in [0.3, 0.4) is 0 Å². The number of rotatable bonds is 6. The van der Waals surface area contributed by atoms with Crippen molar-refractivity contribution in [1.29, 1.82) is 0 Å². The normalized spacial score (nSPS) is 13.7. The molecule has 0 atom stereocenters. The number of nitrogens with one attached hydrogen (secondary N) is 2. The Kier molecular flexibility index (Phi) is 5.02. The summed E-state index contributed by atoms with van der Waals surface area (Å²) in [6, 6.07) is 14.6. The lowest BCUT2D eigenvalue weighted by molar-refractivity contribution is 0.219. The molecule has 6 nitrogen and oxygen atoms in total. The number of aryl methyl sites for hydroxylation is 1. The van der Waals surface area contributed by atoms with E-state index in [-0.39, 0.29) is 6.03 Å². The molecule has 0 bridgehead atoms. The lowest BCUT2D eigenvalue weighted by Gasteiger charge is -2.14. The fraction of sp³-hybridized carbons (Fsp3) is 0.250. The molecule has 2 amide bonds. The summed E-state index contributed by atoms with van der Waals surface area (Å²) in [7, 11) is 0. The molecule has 3 aromatic rings. The summed E-state index contributed by atoms with van der Waals surface area (Å²) in [6.45, 7) is 4.74. The van der Waals surface area contributed by atoms with Crippen molar-refractivity contribution in [3.8, 4) is 21.0 Å². The Hall–Kier alpha value is -2.93. The third-order valence-corrected chi connectivity index (χ3v) is 5.62. The van der Waals surface area contributed by atoms with E-state index < -0.39 is 0 Å². The first-order chi connectivity index (χ1) is 13.2. The van der Waals surface area contributed by atoms with Gasteiger partial charge >= 0.3 is 6.03 Å². The van der Waals surface area contributed by atoms with Gasteiger partial charge in [-0.1, -0.05) is 30.3 Å². The van der Waals surface area contributed by atoms with E-state index in [1.807, 2.05) is 31.3 Å². The maximum Gasteiger partial charge on any atom is 0.317 e. The van der Waals surface area contributed by atoms with Crippen LogP contribution in [0.1, 0.15) is 5.56 Å². The predicted molar refractivity (Wildman–Crippen MR) is 109 cm³/mol. The molecular weight excluding hydrogens is 358 g/mol. The molecule has 27 heavy (non-hydrogen) atoms. The first-order valence-electron chi connectivity index (χ1n) is 8.96. The Balaban J connectivity index is 1.47. The van der Waals surface area contributed by atoms with Gasteiger partial charge in [0.05, 0.1) is 10.6 Å². The van der Waals surface area contributed by atoms with E-state index in [0.717, 1.165) is 22.7 Å². The lowest BCUT2D eigenvalue weighted by atomic mass is 10.2. The predicted octanol–water partition coefficient (Wildman–Crippen LogP) is 3.62. The van der Waals surface area contributed by atoms with Gasteiger partial charge in [-0.3, -0.25) is 0 Å². The Labute approximate surface area is 162 Å². The molecule has 1 fully saturated rings. The van der Waals surface area contributed by atoms with Gasteiger partial charge in [-0.2, -0.15) is 0 Å². The van der Waals surface area contributed by atoms with Crippen molar-refractivity contribution in [2.45, 2.75) is 6.92 Å². The summed E-state index contributed by atoms with van der Waals surface area (Å²) < 4.78 is 0. The molecule has 2 N–H and O–H groups in total. The first-order valence-corrected chi connectivity index (χ1v) is 9.78. The van der Waals surface area contributed by atoms with Gasteiger partial charge in [0.1, 0.15) is 0 Å². The van der Waals surface area contributed by atoms with Crippen LogP contribution >= 0.6 is 11.3 Å². The van der Waals surface area contributed by atoms with Crippen LogP contribution in [0.4, 0.5) is 10.7 Å². The van der Waals surface area contributed by atoms with E-state index in [9.17, 15) is 4.79 Å². The van der Waals surface area contributed by atoms with Crippen LogP contribution in [0.15, 0.2) is 48.7 Å². The van der Waals surface area contributed by atoms with Gasteiger partial charge in [0.15, 0.2) is 0 Å². The largest absolute Gasteiger partial charge is 0.352 e. The summed E-state index contributed by atoms with van der Waals surface area (Å²) in [6.07, 6.45) is 1.84. The number of hydrogen-bond acceptors (Lipinski definition) is 5. The number of urea groups is 1. The molecule has 1 aromatic carbocycles. The maximum atomic E-state index is 11.6. The standard InChI is InChI=1S/C20H21N5OS/c1-14-13-23-19(21-9-11-25-12-10-22-20(25)26)24-18(14)17-8-7-16(27-17)15-5-3-2-4-6-15/h2-8,13H,9-12H2,1H3,(H,22,26)(H,21,23,24). The van der Waals surface area contributed by atoms with Crippen LogP contribution in [0.5, 0.6) is 0 Å². The molecule has 138 valence electrons. The average molecular weight is 379 g/mol. The van der Waals surface area contributed by atoms with E-state index in [1.54, 1.807) is 16.2 Å². The molecule has 4 rings (SSSR count). The molecule has 1 aliphatic rings. The number of carbonyl (C=O) groups excluding carboxylic acids is 1. The summed E-state index contributed by atoms with van der Waals surface area (Å²) in [4.78, 5) is 24.8. The van der Waals surface area contributed by atoms with Crippen molar-refractivity contribution >= 4 is 23.3 Å². The van der Waals surface area contributed by atoms with E-state index in [1.165, 1.54) is 10.4 Å². The molecule has 7 heteroatoms. The average Bonchev–Trinajstić information content (AvgIpc) is 3.33. The van der Waals surface area contributed by atoms with Crippen molar-refractivity contribution in [2.75, 3.05) is 31.5 Å². The topological polar surface area (TPSA) is 70.2 Å². The highest BCUT2D eigenvalue weighted by atomic mass is 32.1. The maximum absolute atomic E-state index is 11.6. The van der Waals surface area contributed by atoms with Crippen LogP contribution in [0.2, 0.25) is 0 Å². The number of aromatic nitrogens is 2. The highest BCUT2D eigenvalue weighted by molar-refractivity contribution is 7.18. The third kappa shape index (κ3) is 3.93. The third-order valence-electron chi connectivity index (χ3n) is 4.48. The minimum absolute atomic E-state index is 0.00524. The van der Waals surface area contributed by atoms with E-state index in [2.05, 4.69) is 39.9 Å². The Bertz CT molecular complexity index is 941. The molecular formula is C20H21N5OS. The molecule has 0 saturated carbocycles. The summed E-state index contributed by atoms with van der Waals surface area (Å²) in [5.74, 6) is 0.588. The monoisotopic (exact) mass is 379 g/mol. The molecule has 3 heterocycles. The zero-order valence-corrected chi connectivity index (χ0v) is 15.9. The number of hydrogen-bond donors (Lipinski definition) is 2. The fourth-order valence-electron chi connectivity index (χ4n) is 3.03. The van der Waals surface area contributed by atoms with Gasteiger partial charge in [0.2, 0.25) is 5.95 Å². The van der Waals surface area contributed by atoms with Crippen LogP contribution in [0.25, 0.3) is 21.0 Å². The quantitative estimate of drug-likeness (QED) is 0.686. The van der Waals surface area contributed by atoms with Crippen molar-refractivity contribution < 1.29 is 4.79 Å². The van der Waals surface area contributed by atoms with Crippen LogP contribution in [-0.2, 0) is 0 Å². The second-order valence-electron chi connectivity index (χ2n) is 6.40. The summed E-state index contributed by atoms with van der Waals surface area (Å²) in [5, 5.41) is 6.03. The highest BCUT2D eigenvalue weighted by Gasteiger charge is 2.18. The number of carbonyl (C=O) groups is 1. The second kappa shape index (κ2) is 7.75. The Morgan fingerprint density at radius 2 is 2.00 bits per heavy atom. The number of thiophene rings is 1. The lowest BCUT2D eigenvalue weighted by Crippen LogP contribution is -2.32. The van der Waals surface area contributed by atoms with Gasteiger partial charge in [0, 0.05) is 37.3 Å². The molecule has 0 radical (unpaired) electrons. The molecule has 1 aliphatic heterocycles. The molecule has 2 aromatic heterocycles. The number of benzene rings is 1. The number of nitrogens with zero attached hydrogens (tertiary/aromatic N) is 3.